The lowest BCUT2D eigenvalue weighted by Crippen LogP contribution is -2.22. The minimum atomic E-state index is 0.765. The van der Waals surface area contributed by atoms with E-state index in [4.69, 9.17) is 0 Å². The Kier molecular flexibility index (Phi) is 4.99. The molecule has 2 saturated carbocycles. The molecule has 8 aromatic rings. The Hall–Kier alpha value is -4.46. The molecule has 0 saturated heterocycles. The maximum Gasteiger partial charge on any atom is 0.0355 e. The maximum atomic E-state index is 2.63. The van der Waals surface area contributed by atoms with Crippen LogP contribution in [-0.4, -0.2) is 0 Å². The Morgan fingerprint density at radius 1 is 0.400 bits per heavy atom. The van der Waals surface area contributed by atoms with Crippen molar-refractivity contribution in [3.05, 3.63) is 132 Å². The summed E-state index contributed by atoms with van der Waals surface area (Å²) in [6.07, 6.45) is 5.72. The molecule has 0 spiro atoms. The monoisotopic (exact) mass is 592 g/mol. The fourth-order valence-electron chi connectivity index (χ4n) is 9.86. The van der Waals surface area contributed by atoms with Gasteiger partial charge < -0.3 is 0 Å². The zero-order valence-corrected chi connectivity index (χ0v) is 25.9. The SMILES string of the molecule is c1cc(-c2ccc3sc4ccccc4c3c2)cc(-c2ccc3c(c2)c2ccccc2c2cc4c(cc32)C2CC3CC(C2)C4C3)c1. The molecule has 3 bridgehead atoms. The van der Waals surface area contributed by atoms with Crippen LogP contribution in [0.4, 0.5) is 0 Å². The van der Waals surface area contributed by atoms with Gasteiger partial charge in [0.2, 0.25) is 0 Å². The second kappa shape index (κ2) is 9.05. The highest BCUT2D eigenvalue weighted by atomic mass is 32.1. The van der Waals surface area contributed by atoms with E-state index >= 15 is 0 Å². The predicted octanol–water partition coefficient (Wildman–Crippen LogP) is 12.8. The van der Waals surface area contributed by atoms with Crippen molar-refractivity contribution in [2.45, 2.75) is 37.5 Å². The molecule has 0 aliphatic heterocycles. The van der Waals surface area contributed by atoms with Gasteiger partial charge in [-0.15, -0.1) is 11.3 Å². The molecular weight excluding hydrogens is 561 g/mol. The van der Waals surface area contributed by atoms with Gasteiger partial charge in [0.05, 0.1) is 0 Å². The molecule has 4 atom stereocenters. The number of hydrogen-bond donors (Lipinski definition) is 0. The van der Waals surface area contributed by atoms with Crippen molar-refractivity contribution in [3.8, 4) is 22.3 Å². The molecule has 0 N–H and O–H groups in total. The molecule has 7 aromatic carbocycles. The summed E-state index contributed by atoms with van der Waals surface area (Å²) >= 11 is 1.88. The fourth-order valence-corrected chi connectivity index (χ4v) is 11.0. The summed E-state index contributed by atoms with van der Waals surface area (Å²) in [6.45, 7) is 0. The van der Waals surface area contributed by atoms with Crippen LogP contribution in [-0.2, 0) is 0 Å². The Morgan fingerprint density at radius 3 is 1.84 bits per heavy atom. The van der Waals surface area contributed by atoms with Crippen molar-refractivity contribution >= 4 is 63.8 Å². The third kappa shape index (κ3) is 3.54. The fraction of sp³-hybridized carbons (Fsp3) is 0.182. The summed E-state index contributed by atoms with van der Waals surface area (Å²) < 4.78 is 2.71. The van der Waals surface area contributed by atoms with E-state index in [1.165, 1.54) is 100 Å². The zero-order valence-electron chi connectivity index (χ0n) is 25.1. The number of fused-ring (bicyclic) bond motifs is 14. The minimum absolute atomic E-state index is 0.765. The van der Waals surface area contributed by atoms with Crippen molar-refractivity contribution in [2.75, 3.05) is 0 Å². The molecule has 1 heteroatoms. The third-order valence-electron chi connectivity index (χ3n) is 11.8. The predicted molar refractivity (Wildman–Crippen MR) is 194 cm³/mol. The van der Waals surface area contributed by atoms with Crippen LogP contribution in [0.1, 0.15) is 48.6 Å². The van der Waals surface area contributed by atoms with Crippen LogP contribution in [0.15, 0.2) is 121 Å². The number of thiophene rings is 1. The number of benzene rings is 7. The van der Waals surface area contributed by atoms with Crippen LogP contribution in [0.5, 0.6) is 0 Å². The molecule has 0 nitrogen and oxygen atoms in total. The topological polar surface area (TPSA) is 0 Å². The number of rotatable bonds is 2. The molecule has 4 unspecified atom stereocenters. The molecule has 0 radical (unpaired) electrons. The van der Waals surface area contributed by atoms with Crippen molar-refractivity contribution in [1.29, 1.82) is 0 Å². The lowest BCUT2D eigenvalue weighted by molar-refractivity contribution is 0.297. The van der Waals surface area contributed by atoms with Crippen LogP contribution >= 0.6 is 11.3 Å². The summed E-state index contributed by atoms with van der Waals surface area (Å²) in [5.74, 6) is 3.43. The minimum Gasteiger partial charge on any atom is -0.135 e. The quantitative estimate of drug-likeness (QED) is 0.175. The van der Waals surface area contributed by atoms with Crippen LogP contribution < -0.4 is 0 Å². The second-order valence-electron chi connectivity index (χ2n) is 14.1. The highest BCUT2D eigenvalue weighted by Crippen LogP contribution is 2.61. The normalized spacial score (nSPS) is 21.9. The van der Waals surface area contributed by atoms with Gasteiger partial charge in [-0.05, 0) is 158 Å². The molecule has 3 aliphatic carbocycles. The average molecular weight is 593 g/mol. The van der Waals surface area contributed by atoms with E-state index in [-0.39, 0.29) is 0 Å². The Labute approximate surface area is 266 Å². The standard InChI is InChI=1S/C44H32S/c1-2-9-33-32(8-1)38-21-28(12-14-34(38)39-23-37-31-17-25-16-30(20-31)36(18-25)41(37)24-40(33)39)26-6-5-7-27(19-26)29-13-15-44-42(22-29)35-10-3-4-11-43(35)45-44/h1-15,19,21-25,30-31,36H,16-18,20H2. The van der Waals surface area contributed by atoms with Gasteiger partial charge in [-0.1, -0.05) is 78.9 Å². The summed E-state index contributed by atoms with van der Waals surface area (Å²) in [4.78, 5) is 0. The molecule has 0 amide bonds. The first-order valence-electron chi connectivity index (χ1n) is 16.7. The van der Waals surface area contributed by atoms with Gasteiger partial charge in [0, 0.05) is 20.2 Å². The maximum absolute atomic E-state index is 2.63. The lowest BCUT2D eigenvalue weighted by Gasteiger charge is -2.36. The van der Waals surface area contributed by atoms with Crippen molar-refractivity contribution in [1.82, 2.24) is 0 Å². The van der Waals surface area contributed by atoms with Crippen molar-refractivity contribution < 1.29 is 0 Å². The molecule has 214 valence electrons. The zero-order chi connectivity index (χ0) is 29.2. The van der Waals surface area contributed by atoms with E-state index in [1.807, 2.05) is 11.3 Å². The number of hydrogen-bond acceptors (Lipinski definition) is 1. The molecule has 2 fully saturated rings. The van der Waals surface area contributed by atoms with Crippen LogP contribution in [0.25, 0.3) is 74.7 Å². The van der Waals surface area contributed by atoms with Gasteiger partial charge >= 0.3 is 0 Å². The molecule has 3 aliphatic rings. The first kappa shape index (κ1) is 24.8. The van der Waals surface area contributed by atoms with Gasteiger partial charge in [0.15, 0.2) is 0 Å². The van der Waals surface area contributed by atoms with Gasteiger partial charge in [-0.2, -0.15) is 0 Å². The molecule has 1 heterocycles. The van der Waals surface area contributed by atoms with Gasteiger partial charge in [-0.25, -0.2) is 0 Å². The molecule has 11 rings (SSSR count). The highest BCUT2D eigenvalue weighted by molar-refractivity contribution is 7.25. The largest absolute Gasteiger partial charge is 0.135 e. The second-order valence-corrected chi connectivity index (χ2v) is 15.2. The van der Waals surface area contributed by atoms with Crippen LogP contribution in [0, 0.1) is 11.8 Å². The van der Waals surface area contributed by atoms with Gasteiger partial charge in [-0.3, -0.25) is 0 Å². The highest BCUT2D eigenvalue weighted by Gasteiger charge is 2.47. The summed E-state index contributed by atoms with van der Waals surface area (Å²) in [6, 6.07) is 46.5. The van der Waals surface area contributed by atoms with E-state index in [9.17, 15) is 0 Å². The van der Waals surface area contributed by atoms with Crippen molar-refractivity contribution in [2.24, 2.45) is 11.8 Å². The Bertz CT molecular complexity index is 2530. The third-order valence-corrected chi connectivity index (χ3v) is 12.9. The van der Waals surface area contributed by atoms with Gasteiger partial charge in [0.25, 0.3) is 0 Å². The molecular formula is C44H32S. The first-order chi connectivity index (χ1) is 22.2. The van der Waals surface area contributed by atoms with E-state index in [2.05, 4.69) is 121 Å². The van der Waals surface area contributed by atoms with Gasteiger partial charge in [0.1, 0.15) is 0 Å². The lowest BCUT2D eigenvalue weighted by atomic mass is 9.68. The van der Waals surface area contributed by atoms with E-state index < -0.39 is 0 Å². The molecule has 1 aromatic heterocycles. The summed E-state index contributed by atoms with van der Waals surface area (Å²) in [5.41, 5.74) is 8.46. The smallest absolute Gasteiger partial charge is 0.0355 e. The van der Waals surface area contributed by atoms with Crippen LogP contribution in [0.2, 0.25) is 0 Å². The first-order valence-corrected chi connectivity index (χ1v) is 17.5. The average Bonchev–Trinajstić information content (AvgIpc) is 3.59. The Morgan fingerprint density at radius 2 is 1.02 bits per heavy atom. The van der Waals surface area contributed by atoms with E-state index in [0.29, 0.717) is 0 Å². The molecule has 45 heavy (non-hydrogen) atoms. The van der Waals surface area contributed by atoms with Crippen LogP contribution in [0.3, 0.4) is 0 Å². The Balaban J connectivity index is 1.08. The van der Waals surface area contributed by atoms with E-state index in [0.717, 1.165) is 23.7 Å². The summed E-state index contributed by atoms with van der Waals surface area (Å²) in [5, 5.41) is 11.1. The summed E-state index contributed by atoms with van der Waals surface area (Å²) in [7, 11) is 0. The van der Waals surface area contributed by atoms with E-state index in [1.54, 1.807) is 11.1 Å². The van der Waals surface area contributed by atoms with Crippen molar-refractivity contribution in [3.63, 3.8) is 0 Å².